The first-order valence-corrected chi connectivity index (χ1v) is 7.18. The van der Waals surface area contributed by atoms with Gasteiger partial charge in [-0.05, 0) is 26.7 Å². The summed E-state index contributed by atoms with van der Waals surface area (Å²) < 4.78 is 0. The van der Waals surface area contributed by atoms with Gasteiger partial charge in [-0.2, -0.15) is 0 Å². The number of rotatable bonds is 5. The molecule has 0 bridgehead atoms. The summed E-state index contributed by atoms with van der Waals surface area (Å²) in [6.07, 6.45) is 2.17. The molecule has 0 saturated heterocycles. The number of amides is 1. The lowest BCUT2D eigenvalue weighted by molar-refractivity contribution is -0.157. The van der Waals surface area contributed by atoms with Gasteiger partial charge in [0.05, 0.1) is 17.7 Å². The Balaban J connectivity index is 1.86. The van der Waals surface area contributed by atoms with Gasteiger partial charge in [0.15, 0.2) is 0 Å². The number of carboxylic acids is 1. The second kappa shape index (κ2) is 5.28. The van der Waals surface area contributed by atoms with E-state index in [4.69, 9.17) is 5.11 Å². The van der Waals surface area contributed by atoms with Gasteiger partial charge >= 0.3 is 5.97 Å². The maximum absolute atomic E-state index is 11.8. The van der Waals surface area contributed by atoms with Crippen molar-refractivity contribution in [3.05, 3.63) is 15.6 Å². The summed E-state index contributed by atoms with van der Waals surface area (Å²) in [4.78, 5) is 28.5. The average Bonchev–Trinajstić information content (AvgIpc) is 2.60. The monoisotopic (exact) mass is 282 g/mol. The number of aliphatic carboxylic acids is 1. The van der Waals surface area contributed by atoms with E-state index < -0.39 is 11.4 Å². The molecule has 19 heavy (non-hydrogen) atoms. The van der Waals surface area contributed by atoms with Gasteiger partial charge in [0.2, 0.25) is 5.91 Å². The zero-order chi connectivity index (χ0) is 14.0. The molecular formula is C13H18N2O3S. The Morgan fingerprint density at radius 3 is 2.53 bits per heavy atom. The minimum Gasteiger partial charge on any atom is -0.481 e. The summed E-state index contributed by atoms with van der Waals surface area (Å²) in [5, 5.41) is 12.8. The van der Waals surface area contributed by atoms with E-state index in [2.05, 4.69) is 10.3 Å². The lowest BCUT2D eigenvalue weighted by atomic mass is 9.66. The van der Waals surface area contributed by atoms with Crippen LogP contribution in [0.1, 0.15) is 41.3 Å². The van der Waals surface area contributed by atoms with E-state index in [1.54, 1.807) is 11.3 Å². The van der Waals surface area contributed by atoms with Crippen LogP contribution in [0, 0.1) is 19.3 Å². The molecule has 1 aromatic rings. The highest BCUT2D eigenvalue weighted by molar-refractivity contribution is 7.11. The fraction of sp³-hybridized carbons (Fsp3) is 0.615. The van der Waals surface area contributed by atoms with Crippen molar-refractivity contribution in [2.45, 2.75) is 46.1 Å². The van der Waals surface area contributed by atoms with Crippen LogP contribution >= 0.6 is 11.3 Å². The molecule has 6 heteroatoms. The molecule has 0 unspecified atom stereocenters. The quantitative estimate of drug-likeness (QED) is 0.866. The van der Waals surface area contributed by atoms with Gasteiger partial charge in [0, 0.05) is 11.3 Å². The van der Waals surface area contributed by atoms with Crippen LogP contribution in [0.2, 0.25) is 0 Å². The van der Waals surface area contributed by atoms with Gasteiger partial charge in [-0.1, -0.05) is 6.42 Å². The molecule has 0 aromatic carbocycles. The van der Waals surface area contributed by atoms with Crippen molar-refractivity contribution in [3.8, 4) is 0 Å². The van der Waals surface area contributed by atoms with Crippen LogP contribution < -0.4 is 5.32 Å². The van der Waals surface area contributed by atoms with Crippen molar-refractivity contribution in [1.82, 2.24) is 10.3 Å². The molecule has 0 atom stereocenters. The van der Waals surface area contributed by atoms with E-state index in [1.807, 2.05) is 13.8 Å². The molecule has 2 rings (SSSR count). The first kappa shape index (κ1) is 14.0. The Kier molecular flexibility index (Phi) is 3.89. The van der Waals surface area contributed by atoms with Gasteiger partial charge in [-0.25, -0.2) is 4.98 Å². The van der Waals surface area contributed by atoms with E-state index in [9.17, 15) is 9.59 Å². The van der Waals surface area contributed by atoms with Crippen molar-refractivity contribution in [3.63, 3.8) is 0 Å². The van der Waals surface area contributed by atoms with Crippen LogP contribution in [-0.4, -0.2) is 22.0 Å². The lowest BCUT2D eigenvalue weighted by Gasteiger charge is -2.36. The Bertz CT molecular complexity index is 486. The van der Waals surface area contributed by atoms with E-state index in [-0.39, 0.29) is 12.3 Å². The van der Waals surface area contributed by atoms with Gasteiger partial charge in [0.1, 0.15) is 5.01 Å². The zero-order valence-corrected chi connectivity index (χ0v) is 12.0. The van der Waals surface area contributed by atoms with Crippen LogP contribution in [0.4, 0.5) is 0 Å². The number of aromatic nitrogens is 1. The maximum atomic E-state index is 11.8. The summed E-state index contributed by atoms with van der Waals surface area (Å²) >= 11 is 1.56. The Labute approximate surface area is 116 Å². The fourth-order valence-electron chi connectivity index (χ4n) is 2.23. The van der Waals surface area contributed by atoms with Crippen LogP contribution in [0.3, 0.4) is 0 Å². The number of carboxylic acid groups (broad SMARTS) is 1. The molecule has 104 valence electrons. The molecule has 1 aliphatic rings. The summed E-state index contributed by atoms with van der Waals surface area (Å²) in [7, 11) is 0. The molecule has 5 nitrogen and oxygen atoms in total. The van der Waals surface area contributed by atoms with Gasteiger partial charge in [0.25, 0.3) is 0 Å². The highest BCUT2D eigenvalue weighted by atomic mass is 32.1. The normalized spacial score (nSPS) is 16.7. The highest BCUT2D eigenvalue weighted by Crippen LogP contribution is 2.44. The smallest absolute Gasteiger partial charge is 0.310 e. The first-order chi connectivity index (χ1) is 8.93. The van der Waals surface area contributed by atoms with E-state index >= 15 is 0 Å². The predicted molar refractivity (Wildman–Crippen MR) is 72.0 cm³/mol. The average molecular weight is 282 g/mol. The molecule has 1 heterocycles. The number of nitrogens with one attached hydrogen (secondary N) is 1. The Morgan fingerprint density at radius 1 is 1.42 bits per heavy atom. The second-order valence-electron chi connectivity index (χ2n) is 5.14. The summed E-state index contributed by atoms with van der Waals surface area (Å²) in [5.74, 6) is -1.05. The summed E-state index contributed by atoms with van der Waals surface area (Å²) in [5.41, 5.74) is 0.161. The predicted octanol–water partition coefficient (Wildman–Crippen LogP) is 2.02. The maximum Gasteiger partial charge on any atom is 0.310 e. The molecule has 0 aliphatic heterocycles. The zero-order valence-electron chi connectivity index (χ0n) is 11.2. The minimum absolute atomic E-state index is 0.0751. The lowest BCUT2D eigenvalue weighted by Crippen LogP contribution is -2.42. The standard InChI is InChI=1S/C13H18N2O3S/c1-8-9(2)19-11(15-8)7-14-10(16)6-13(12(17)18)4-3-5-13/h3-7H2,1-2H3,(H,14,16)(H,17,18). The molecule has 1 aromatic heterocycles. The number of carbonyl (C=O) groups is 2. The highest BCUT2D eigenvalue weighted by Gasteiger charge is 2.45. The topological polar surface area (TPSA) is 79.3 Å². The molecule has 1 saturated carbocycles. The molecule has 1 amide bonds. The van der Waals surface area contributed by atoms with Crippen LogP contribution in [0.25, 0.3) is 0 Å². The summed E-state index contributed by atoms with van der Waals surface area (Å²) in [6, 6.07) is 0. The fourth-order valence-corrected chi connectivity index (χ4v) is 3.10. The third-order valence-electron chi connectivity index (χ3n) is 3.77. The third-order valence-corrected chi connectivity index (χ3v) is 4.85. The van der Waals surface area contributed by atoms with Gasteiger partial charge in [-0.3, -0.25) is 9.59 Å². The van der Waals surface area contributed by atoms with Crippen LogP contribution in [0.5, 0.6) is 0 Å². The minimum atomic E-state index is -0.852. The number of aryl methyl sites for hydroxylation is 2. The van der Waals surface area contributed by atoms with E-state index in [1.165, 1.54) is 0 Å². The van der Waals surface area contributed by atoms with Gasteiger partial charge < -0.3 is 10.4 Å². The molecule has 2 N–H and O–H groups in total. The molecule has 1 aliphatic carbocycles. The summed E-state index contributed by atoms with van der Waals surface area (Å²) in [6.45, 7) is 4.31. The second-order valence-corrected chi connectivity index (χ2v) is 6.43. The number of thiazole rings is 1. The van der Waals surface area contributed by atoms with Gasteiger partial charge in [-0.15, -0.1) is 11.3 Å². The van der Waals surface area contributed by atoms with Crippen molar-refractivity contribution < 1.29 is 14.7 Å². The van der Waals surface area contributed by atoms with Crippen molar-refractivity contribution in [2.24, 2.45) is 5.41 Å². The molecular weight excluding hydrogens is 264 g/mol. The van der Waals surface area contributed by atoms with Crippen molar-refractivity contribution in [2.75, 3.05) is 0 Å². The number of hydrogen-bond donors (Lipinski definition) is 2. The molecule has 0 radical (unpaired) electrons. The van der Waals surface area contributed by atoms with E-state index in [0.717, 1.165) is 22.0 Å². The third kappa shape index (κ3) is 2.94. The molecule has 1 fully saturated rings. The number of hydrogen-bond acceptors (Lipinski definition) is 4. The SMILES string of the molecule is Cc1nc(CNC(=O)CC2(C(=O)O)CCC2)sc1C. The first-order valence-electron chi connectivity index (χ1n) is 6.36. The van der Waals surface area contributed by atoms with Crippen LogP contribution in [-0.2, 0) is 16.1 Å². The number of nitrogens with zero attached hydrogens (tertiary/aromatic N) is 1. The molecule has 0 spiro atoms. The van der Waals surface area contributed by atoms with E-state index in [0.29, 0.717) is 19.4 Å². The van der Waals surface area contributed by atoms with Crippen molar-refractivity contribution in [1.29, 1.82) is 0 Å². The number of carbonyl (C=O) groups excluding carboxylic acids is 1. The van der Waals surface area contributed by atoms with Crippen LogP contribution in [0.15, 0.2) is 0 Å². The Hall–Kier alpha value is -1.43. The Morgan fingerprint density at radius 2 is 2.11 bits per heavy atom. The largest absolute Gasteiger partial charge is 0.481 e. The van der Waals surface area contributed by atoms with Crippen molar-refractivity contribution >= 4 is 23.2 Å².